The Morgan fingerprint density at radius 1 is 1.30 bits per heavy atom. The van der Waals surface area contributed by atoms with Crippen molar-refractivity contribution in [1.82, 2.24) is 4.90 Å². The van der Waals surface area contributed by atoms with Crippen molar-refractivity contribution in [3.8, 4) is 0 Å². The van der Waals surface area contributed by atoms with Crippen molar-refractivity contribution in [2.24, 2.45) is 5.73 Å². The van der Waals surface area contributed by atoms with Gasteiger partial charge in [-0.25, -0.2) is 18.4 Å². The number of urea groups is 1. The van der Waals surface area contributed by atoms with E-state index in [9.17, 15) is 23.2 Å². The summed E-state index contributed by atoms with van der Waals surface area (Å²) in [4.78, 5) is 34.0. The number of carbonyl (C=O) groups excluding carboxylic acids is 2. The molecule has 0 aliphatic heterocycles. The van der Waals surface area contributed by atoms with Gasteiger partial charge >= 0.3 is 12.0 Å². The second-order valence-corrected chi connectivity index (χ2v) is 3.87. The first-order valence-electron chi connectivity index (χ1n) is 5.25. The number of hydrogen-bond acceptors (Lipinski definition) is 3. The fourth-order valence-electron chi connectivity index (χ4n) is 1.34. The number of nitrogens with zero attached hydrogens (tertiary/aromatic N) is 1. The lowest BCUT2D eigenvalue weighted by Gasteiger charge is -2.17. The molecule has 0 aromatic heterocycles. The minimum absolute atomic E-state index is 0.419. The second kappa shape index (κ2) is 5.95. The molecule has 0 radical (unpaired) electrons. The molecule has 0 bridgehead atoms. The van der Waals surface area contributed by atoms with Crippen molar-refractivity contribution in [3.63, 3.8) is 0 Å². The molecule has 0 fully saturated rings. The van der Waals surface area contributed by atoms with Crippen LogP contribution in [0.25, 0.3) is 0 Å². The number of nitrogens with one attached hydrogen (secondary N) is 1. The van der Waals surface area contributed by atoms with E-state index in [1.54, 1.807) is 0 Å². The summed E-state index contributed by atoms with van der Waals surface area (Å²) in [5.74, 6) is -5.00. The standard InChI is InChI=1S/C11H11F2N3O4/c1-16(4-9(14)17)11(20)15-8-3-7(13)6(12)2-5(8)10(18)19/h2-3H,4H2,1H3,(H2,14,17)(H,15,20)(H,18,19). The van der Waals surface area contributed by atoms with Gasteiger partial charge in [0.15, 0.2) is 11.6 Å². The summed E-state index contributed by atoms with van der Waals surface area (Å²) in [5.41, 5.74) is 3.83. The highest BCUT2D eigenvalue weighted by Crippen LogP contribution is 2.20. The third-order valence-corrected chi connectivity index (χ3v) is 2.27. The van der Waals surface area contributed by atoms with E-state index in [4.69, 9.17) is 10.8 Å². The van der Waals surface area contributed by atoms with Crippen molar-refractivity contribution >= 4 is 23.6 Å². The summed E-state index contributed by atoms with van der Waals surface area (Å²) in [7, 11) is 1.22. The van der Waals surface area contributed by atoms with E-state index < -0.39 is 47.3 Å². The lowest BCUT2D eigenvalue weighted by molar-refractivity contribution is -0.118. The van der Waals surface area contributed by atoms with Crippen LogP contribution in [0.3, 0.4) is 0 Å². The number of carboxylic acids is 1. The predicted octanol–water partition coefficient (Wildman–Crippen LogP) is 0.612. The molecular formula is C11H11F2N3O4. The summed E-state index contributed by atoms with van der Waals surface area (Å²) in [6.45, 7) is -0.419. The number of rotatable bonds is 4. The first-order valence-corrected chi connectivity index (χ1v) is 5.25. The molecule has 1 rings (SSSR count). The summed E-state index contributed by atoms with van der Waals surface area (Å²) in [6.07, 6.45) is 0. The number of carbonyl (C=O) groups is 3. The average Bonchev–Trinajstić information content (AvgIpc) is 2.32. The lowest BCUT2D eigenvalue weighted by atomic mass is 10.1. The molecule has 0 saturated carbocycles. The van der Waals surface area contributed by atoms with E-state index in [1.807, 2.05) is 0 Å². The van der Waals surface area contributed by atoms with Gasteiger partial charge in [-0.3, -0.25) is 4.79 Å². The van der Waals surface area contributed by atoms with Crippen LogP contribution < -0.4 is 11.1 Å². The van der Waals surface area contributed by atoms with Crippen molar-refractivity contribution in [3.05, 3.63) is 29.3 Å². The maximum Gasteiger partial charge on any atom is 0.337 e. The van der Waals surface area contributed by atoms with Crippen LogP contribution in [0.5, 0.6) is 0 Å². The minimum atomic E-state index is -1.54. The number of aromatic carboxylic acids is 1. The Morgan fingerprint density at radius 3 is 2.35 bits per heavy atom. The van der Waals surface area contributed by atoms with Crippen molar-refractivity contribution in [1.29, 1.82) is 0 Å². The molecule has 9 heteroatoms. The number of carboxylic acid groups (broad SMARTS) is 1. The monoisotopic (exact) mass is 287 g/mol. The van der Waals surface area contributed by atoms with Gasteiger partial charge in [0.25, 0.3) is 0 Å². The fraction of sp³-hybridized carbons (Fsp3) is 0.182. The summed E-state index contributed by atoms with van der Waals surface area (Å²) < 4.78 is 26.0. The largest absolute Gasteiger partial charge is 0.478 e. The molecule has 0 saturated heterocycles. The molecule has 4 N–H and O–H groups in total. The predicted molar refractivity (Wildman–Crippen MR) is 64.2 cm³/mol. The van der Waals surface area contributed by atoms with Gasteiger partial charge < -0.3 is 21.1 Å². The Kier molecular flexibility index (Phi) is 4.57. The molecule has 1 aromatic rings. The van der Waals surface area contributed by atoms with Gasteiger partial charge in [0.1, 0.15) is 6.54 Å². The highest BCUT2D eigenvalue weighted by atomic mass is 19.2. The second-order valence-electron chi connectivity index (χ2n) is 3.87. The summed E-state index contributed by atoms with van der Waals surface area (Å²) in [6, 6.07) is 0.0909. The number of likely N-dealkylation sites (N-methyl/N-ethyl adjacent to an activating group) is 1. The van der Waals surface area contributed by atoms with E-state index in [0.717, 1.165) is 4.90 Å². The number of amides is 3. The van der Waals surface area contributed by atoms with E-state index >= 15 is 0 Å². The molecule has 0 unspecified atom stereocenters. The van der Waals surface area contributed by atoms with Crippen molar-refractivity contribution < 1.29 is 28.3 Å². The molecular weight excluding hydrogens is 276 g/mol. The Balaban J connectivity index is 3.02. The molecule has 0 aliphatic rings. The van der Waals surface area contributed by atoms with Gasteiger partial charge in [0.2, 0.25) is 5.91 Å². The highest BCUT2D eigenvalue weighted by Gasteiger charge is 2.19. The first-order chi connectivity index (χ1) is 9.22. The quantitative estimate of drug-likeness (QED) is 0.753. The zero-order valence-electron chi connectivity index (χ0n) is 10.3. The average molecular weight is 287 g/mol. The van der Waals surface area contributed by atoms with Gasteiger partial charge in [-0.2, -0.15) is 0 Å². The van der Waals surface area contributed by atoms with Crippen molar-refractivity contribution in [2.45, 2.75) is 0 Å². The molecule has 0 aliphatic carbocycles. The van der Waals surface area contributed by atoms with E-state index in [1.165, 1.54) is 7.05 Å². The highest BCUT2D eigenvalue weighted by molar-refractivity contribution is 6.00. The third-order valence-electron chi connectivity index (χ3n) is 2.27. The molecule has 20 heavy (non-hydrogen) atoms. The van der Waals surface area contributed by atoms with Gasteiger partial charge in [-0.05, 0) is 6.07 Å². The molecule has 0 spiro atoms. The van der Waals surface area contributed by atoms with Crippen LogP contribution in [-0.2, 0) is 4.79 Å². The maximum atomic E-state index is 13.1. The van der Waals surface area contributed by atoms with Crippen LogP contribution in [-0.4, -0.2) is 41.5 Å². The summed E-state index contributed by atoms with van der Waals surface area (Å²) in [5, 5.41) is 10.9. The minimum Gasteiger partial charge on any atom is -0.478 e. The zero-order chi connectivity index (χ0) is 15.4. The number of primary amides is 1. The van der Waals surface area contributed by atoms with Crippen LogP contribution in [0.15, 0.2) is 12.1 Å². The Bertz CT molecular complexity index is 577. The van der Waals surface area contributed by atoms with Crippen LogP contribution in [0.2, 0.25) is 0 Å². The molecule has 0 atom stereocenters. The SMILES string of the molecule is CN(CC(N)=O)C(=O)Nc1cc(F)c(F)cc1C(=O)O. The molecule has 3 amide bonds. The number of hydrogen-bond donors (Lipinski definition) is 3. The van der Waals surface area contributed by atoms with Crippen LogP contribution in [0.4, 0.5) is 19.3 Å². The Hall–Kier alpha value is -2.71. The fourth-order valence-corrected chi connectivity index (χ4v) is 1.34. The molecule has 1 aromatic carbocycles. The first kappa shape index (κ1) is 15.3. The number of benzene rings is 1. The molecule has 7 nitrogen and oxygen atoms in total. The zero-order valence-corrected chi connectivity index (χ0v) is 10.3. The number of halogens is 2. The van der Waals surface area contributed by atoms with E-state index in [2.05, 4.69) is 5.32 Å². The van der Waals surface area contributed by atoms with Gasteiger partial charge in [0.05, 0.1) is 11.3 Å². The maximum absolute atomic E-state index is 13.1. The van der Waals surface area contributed by atoms with E-state index in [-0.39, 0.29) is 0 Å². The lowest BCUT2D eigenvalue weighted by Crippen LogP contribution is -2.38. The third kappa shape index (κ3) is 3.64. The summed E-state index contributed by atoms with van der Waals surface area (Å²) >= 11 is 0. The molecule has 108 valence electrons. The van der Waals surface area contributed by atoms with Crippen molar-refractivity contribution in [2.75, 3.05) is 18.9 Å². The molecule has 0 heterocycles. The van der Waals surface area contributed by atoms with Gasteiger partial charge in [-0.1, -0.05) is 0 Å². The van der Waals surface area contributed by atoms with Crippen LogP contribution in [0.1, 0.15) is 10.4 Å². The van der Waals surface area contributed by atoms with Crippen LogP contribution >= 0.6 is 0 Å². The topological polar surface area (TPSA) is 113 Å². The Labute approximate surface area is 112 Å². The number of anilines is 1. The Morgan fingerprint density at radius 2 is 1.85 bits per heavy atom. The van der Waals surface area contributed by atoms with Crippen LogP contribution in [0, 0.1) is 11.6 Å². The van der Waals surface area contributed by atoms with Gasteiger partial charge in [-0.15, -0.1) is 0 Å². The van der Waals surface area contributed by atoms with E-state index in [0.29, 0.717) is 12.1 Å². The van der Waals surface area contributed by atoms with Gasteiger partial charge in [0, 0.05) is 13.1 Å². The smallest absolute Gasteiger partial charge is 0.337 e. The normalized spacial score (nSPS) is 9.95. The number of nitrogens with two attached hydrogens (primary N) is 1.